The number of thiophene rings is 1. The van der Waals surface area contributed by atoms with Gasteiger partial charge in [-0.2, -0.15) is 0 Å². The van der Waals surface area contributed by atoms with Crippen molar-refractivity contribution in [3.8, 4) is 0 Å². The van der Waals surface area contributed by atoms with E-state index in [1.165, 1.54) is 16.2 Å². The lowest BCUT2D eigenvalue weighted by Crippen LogP contribution is -2.31. The van der Waals surface area contributed by atoms with Crippen molar-refractivity contribution in [2.75, 3.05) is 23.9 Å². The van der Waals surface area contributed by atoms with Gasteiger partial charge in [0.25, 0.3) is 5.91 Å². The van der Waals surface area contributed by atoms with Gasteiger partial charge in [0, 0.05) is 25.5 Å². The summed E-state index contributed by atoms with van der Waals surface area (Å²) >= 11 is 1.29. The van der Waals surface area contributed by atoms with Gasteiger partial charge < -0.3 is 10.0 Å². The summed E-state index contributed by atoms with van der Waals surface area (Å²) in [6, 6.07) is 18.0. The van der Waals surface area contributed by atoms with Crippen molar-refractivity contribution in [1.82, 2.24) is 0 Å². The molecule has 30 heavy (non-hydrogen) atoms. The minimum Gasteiger partial charge on any atom is -0.503 e. The fraction of sp³-hybridized carbons (Fsp3) is 0.167. The molecule has 3 aromatic rings. The van der Waals surface area contributed by atoms with E-state index < -0.39 is 17.7 Å². The van der Waals surface area contributed by atoms with Crippen molar-refractivity contribution in [2.45, 2.75) is 13.0 Å². The molecule has 1 atom stereocenters. The number of aliphatic hydroxyl groups excluding tert-OH is 1. The quantitative estimate of drug-likeness (QED) is 0.599. The molecular formula is C24H22N2O3S. The SMILES string of the molecule is Cc1ccccc1N1C(=O)C(O)=C(C(=O)c2cccs2)C1c1ccc(N(C)C)cc1. The Morgan fingerprint density at radius 2 is 1.73 bits per heavy atom. The first-order chi connectivity index (χ1) is 14.4. The molecule has 6 heteroatoms. The Hall–Kier alpha value is -3.38. The number of ketones is 1. The molecule has 2 heterocycles. The smallest absolute Gasteiger partial charge is 0.294 e. The largest absolute Gasteiger partial charge is 0.503 e. The van der Waals surface area contributed by atoms with Crippen LogP contribution < -0.4 is 9.80 Å². The van der Waals surface area contributed by atoms with E-state index in [4.69, 9.17) is 0 Å². The van der Waals surface area contributed by atoms with Gasteiger partial charge in [-0.05, 0) is 47.7 Å². The number of hydrogen-bond donors (Lipinski definition) is 1. The van der Waals surface area contributed by atoms with E-state index in [1.807, 2.05) is 79.8 Å². The van der Waals surface area contributed by atoms with Crippen molar-refractivity contribution >= 4 is 34.4 Å². The maximum absolute atomic E-state index is 13.3. The molecule has 0 fully saturated rings. The number of amides is 1. The molecule has 1 aliphatic heterocycles. The Bertz CT molecular complexity index is 1130. The zero-order valence-corrected chi connectivity index (χ0v) is 17.8. The van der Waals surface area contributed by atoms with Crippen LogP contribution >= 0.6 is 11.3 Å². The predicted molar refractivity (Wildman–Crippen MR) is 120 cm³/mol. The maximum atomic E-state index is 13.3. The van der Waals surface area contributed by atoms with Crippen LogP contribution in [0.5, 0.6) is 0 Å². The second-order valence-electron chi connectivity index (χ2n) is 7.42. The number of rotatable bonds is 5. The van der Waals surface area contributed by atoms with Crippen LogP contribution in [0.25, 0.3) is 0 Å². The van der Waals surface area contributed by atoms with Gasteiger partial charge in [-0.25, -0.2) is 0 Å². The average molecular weight is 419 g/mol. The Kier molecular flexibility index (Phi) is 5.18. The van der Waals surface area contributed by atoms with E-state index in [2.05, 4.69) is 0 Å². The minimum absolute atomic E-state index is 0.114. The van der Waals surface area contributed by atoms with Gasteiger partial charge in [0.1, 0.15) is 0 Å². The lowest BCUT2D eigenvalue weighted by atomic mass is 9.94. The lowest BCUT2D eigenvalue weighted by molar-refractivity contribution is -0.117. The Balaban J connectivity index is 1.88. The van der Waals surface area contributed by atoms with Crippen LogP contribution in [0.2, 0.25) is 0 Å². The Morgan fingerprint density at radius 1 is 1.03 bits per heavy atom. The van der Waals surface area contributed by atoms with E-state index in [9.17, 15) is 14.7 Å². The van der Waals surface area contributed by atoms with Crippen LogP contribution in [-0.2, 0) is 4.79 Å². The zero-order valence-electron chi connectivity index (χ0n) is 17.0. The van der Waals surface area contributed by atoms with E-state index in [1.54, 1.807) is 12.1 Å². The van der Waals surface area contributed by atoms with E-state index in [0.29, 0.717) is 10.6 Å². The van der Waals surface area contributed by atoms with Gasteiger partial charge in [0.15, 0.2) is 5.76 Å². The highest BCUT2D eigenvalue weighted by Gasteiger charge is 2.45. The van der Waals surface area contributed by atoms with Crippen LogP contribution in [-0.4, -0.2) is 30.9 Å². The lowest BCUT2D eigenvalue weighted by Gasteiger charge is -2.28. The second kappa shape index (κ2) is 7.80. The number of carbonyl (C=O) groups is 2. The summed E-state index contributed by atoms with van der Waals surface area (Å²) in [7, 11) is 3.90. The summed E-state index contributed by atoms with van der Waals surface area (Å²) in [6.07, 6.45) is 0. The van der Waals surface area contributed by atoms with Crippen LogP contribution in [0.3, 0.4) is 0 Å². The number of para-hydroxylation sites is 1. The third-order valence-corrected chi connectivity index (χ3v) is 6.17. The number of hydrogen-bond acceptors (Lipinski definition) is 5. The molecule has 0 saturated heterocycles. The third kappa shape index (κ3) is 3.29. The molecular weight excluding hydrogens is 396 g/mol. The first-order valence-corrected chi connectivity index (χ1v) is 10.5. The molecule has 1 aromatic heterocycles. The fourth-order valence-electron chi connectivity index (χ4n) is 3.73. The molecule has 0 aliphatic carbocycles. The first-order valence-electron chi connectivity index (χ1n) is 9.58. The topological polar surface area (TPSA) is 60.9 Å². The van der Waals surface area contributed by atoms with Gasteiger partial charge in [-0.1, -0.05) is 36.4 Å². The average Bonchev–Trinajstić information content (AvgIpc) is 3.36. The second-order valence-corrected chi connectivity index (χ2v) is 8.37. The summed E-state index contributed by atoms with van der Waals surface area (Å²) in [4.78, 5) is 30.4. The molecule has 152 valence electrons. The molecule has 1 amide bonds. The van der Waals surface area contributed by atoms with E-state index >= 15 is 0 Å². The van der Waals surface area contributed by atoms with Crippen molar-refractivity contribution in [3.05, 3.63) is 93.4 Å². The third-order valence-electron chi connectivity index (χ3n) is 5.30. The molecule has 1 unspecified atom stereocenters. The first kappa shape index (κ1) is 19.9. The van der Waals surface area contributed by atoms with Crippen LogP contribution in [0, 0.1) is 6.92 Å². The van der Waals surface area contributed by atoms with Crippen molar-refractivity contribution in [3.63, 3.8) is 0 Å². The molecule has 1 N–H and O–H groups in total. The van der Waals surface area contributed by atoms with E-state index in [-0.39, 0.29) is 11.4 Å². The van der Waals surface area contributed by atoms with Crippen molar-refractivity contribution in [1.29, 1.82) is 0 Å². The number of aliphatic hydroxyl groups is 1. The Labute approximate surface area is 179 Å². The number of anilines is 2. The molecule has 0 saturated carbocycles. The summed E-state index contributed by atoms with van der Waals surface area (Å²) in [5, 5.41) is 12.6. The molecule has 2 aromatic carbocycles. The van der Waals surface area contributed by atoms with Gasteiger partial charge in [0.2, 0.25) is 5.78 Å². The highest BCUT2D eigenvalue weighted by molar-refractivity contribution is 7.12. The standard InChI is InChI=1S/C24H22N2O3S/c1-15-7-4-5-8-18(15)26-21(16-10-12-17(13-11-16)25(2)3)20(23(28)24(26)29)22(27)19-9-6-14-30-19/h4-14,21,28H,1-3H3. The van der Waals surface area contributed by atoms with Crippen molar-refractivity contribution < 1.29 is 14.7 Å². The number of nitrogens with zero attached hydrogens (tertiary/aromatic N) is 2. The summed E-state index contributed by atoms with van der Waals surface area (Å²) in [5.74, 6) is -1.38. The van der Waals surface area contributed by atoms with Crippen LogP contribution in [0.4, 0.5) is 11.4 Å². The van der Waals surface area contributed by atoms with Gasteiger partial charge in [-0.3, -0.25) is 14.5 Å². The molecule has 0 radical (unpaired) electrons. The minimum atomic E-state index is -0.704. The molecule has 0 bridgehead atoms. The fourth-order valence-corrected chi connectivity index (χ4v) is 4.41. The Morgan fingerprint density at radius 3 is 2.33 bits per heavy atom. The molecule has 1 aliphatic rings. The van der Waals surface area contributed by atoms with E-state index in [0.717, 1.165) is 16.8 Å². The normalized spacial score (nSPS) is 16.3. The van der Waals surface area contributed by atoms with Gasteiger partial charge in [0.05, 0.1) is 16.5 Å². The number of benzene rings is 2. The number of carbonyl (C=O) groups excluding carboxylic acids is 2. The van der Waals surface area contributed by atoms with Crippen LogP contribution in [0.1, 0.15) is 26.8 Å². The molecule has 4 rings (SSSR count). The highest BCUT2D eigenvalue weighted by atomic mass is 32.1. The summed E-state index contributed by atoms with van der Waals surface area (Å²) in [5.41, 5.74) is 3.44. The number of aryl methyl sites for hydroxylation is 1. The summed E-state index contributed by atoms with van der Waals surface area (Å²) < 4.78 is 0. The number of Topliss-reactive ketones (excluding diaryl/α,β-unsaturated/α-hetero) is 1. The highest BCUT2D eigenvalue weighted by Crippen LogP contribution is 2.43. The van der Waals surface area contributed by atoms with Crippen molar-refractivity contribution in [2.24, 2.45) is 0 Å². The van der Waals surface area contributed by atoms with Gasteiger partial charge >= 0.3 is 0 Å². The molecule has 0 spiro atoms. The zero-order chi connectivity index (χ0) is 21.4. The van der Waals surface area contributed by atoms with Crippen LogP contribution in [0.15, 0.2) is 77.4 Å². The molecule has 5 nitrogen and oxygen atoms in total. The monoisotopic (exact) mass is 418 g/mol. The maximum Gasteiger partial charge on any atom is 0.294 e. The predicted octanol–water partition coefficient (Wildman–Crippen LogP) is 4.91. The summed E-state index contributed by atoms with van der Waals surface area (Å²) in [6.45, 7) is 1.91. The van der Waals surface area contributed by atoms with Gasteiger partial charge in [-0.15, -0.1) is 11.3 Å².